The number of hydrogen-bond donors (Lipinski definition) is 2. The van der Waals surface area contributed by atoms with Crippen molar-refractivity contribution in [3.8, 4) is 0 Å². The summed E-state index contributed by atoms with van der Waals surface area (Å²) in [6.07, 6.45) is 1.14. The Balaban J connectivity index is 1.57. The van der Waals surface area contributed by atoms with E-state index in [4.69, 9.17) is 0 Å². The molecule has 1 aromatic carbocycles. The molecular weight excluding hydrogens is 338 g/mol. The van der Waals surface area contributed by atoms with Crippen molar-refractivity contribution in [2.45, 2.75) is 45.1 Å². The number of anilines is 1. The summed E-state index contributed by atoms with van der Waals surface area (Å²) in [7, 11) is 0. The lowest BCUT2D eigenvalue weighted by Gasteiger charge is -2.37. The molecule has 1 fully saturated rings. The first kappa shape index (κ1) is 18.0. The van der Waals surface area contributed by atoms with E-state index >= 15 is 0 Å². The van der Waals surface area contributed by atoms with Gasteiger partial charge in [-0.3, -0.25) is 9.59 Å². The number of rotatable bonds is 2. The van der Waals surface area contributed by atoms with Gasteiger partial charge in [0, 0.05) is 30.3 Å². The van der Waals surface area contributed by atoms with Gasteiger partial charge in [0.1, 0.15) is 5.69 Å². The van der Waals surface area contributed by atoms with Crippen LogP contribution in [0.5, 0.6) is 0 Å². The topological polar surface area (TPSA) is 63.1 Å². The van der Waals surface area contributed by atoms with E-state index in [9.17, 15) is 9.59 Å². The molecule has 1 aromatic heterocycles. The highest BCUT2D eigenvalue weighted by Gasteiger charge is 2.31. The molecule has 0 spiro atoms. The van der Waals surface area contributed by atoms with Crippen molar-refractivity contribution in [1.82, 2.24) is 9.88 Å². The predicted molar refractivity (Wildman–Crippen MR) is 108 cm³/mol. The monoisotopic (exact) mass is 365 g/mol. The van der Waals surface area contributed by atoms with Gasteiger partial charge in [-0.05, 0) is 54.1 Å². The Hall–Kier alpha value is -2.40. The summed E-state index contributed by atoms with van der Waals surface area (Å²) in [6, 6.07) is 11.3. The second-order valence-electron chi connectivity index (χ2n) is 8.83. The Morgan fingerprint density at radius 1 is 1.11 bits per heavy atom. The maximum atomic E-state index is 12.9. The fourth-order valence-electron chi connectivity index (χ4n) is 4.20. The van der Waals surface area contributed by atoms with Crippen LogP contribution in [0.4, 0.5) is 5.69 Å². The van der Waals surface area contributed by atoms with Gasteiger partial charge >= 0.3 is 0 Å². The van der Waals surface area contributed by atoms with Gasteiger partial charge in [0.05, 0.1) is 0 Å². The summed E-state index contributed by atoms with van der Waals surface area (Å²) < 4.78 is 1.86. The summed E-state index contributed by atoms with van der Waals surface area (Å²) in [6.45, 7) is 9.02. The molecule has 4 rings (SSSR count). The Bertz CT molecular complexity index is 922. The average molecular weight is 365 g/mol. The number of pyridine rings is 1. The molecule has 2 aliphatic rings. The first-order valence-corrected chi connectivity index (χ1v) is 9.69. The molecule has 0 radical (unpaired) electrons. The number of piperidine rings is 1. The lowest BCUT2D eigenvalue weighted by atomic mass is 9.84. The number of aromatic nitrogens is 1. The van der Waals surface area contributed by atoms with Gasteiger partial charge in [0.2, 0.25) is 0 Å². The van der Waals surface area contributed by atoms with Gasteiger partial charge in [0.25, 0.3) is 11.5 Å². The van der Waals surface area contributed by atoms with Gasteiger partial charge in [-0.1, -0.05) is 32.9 Å². The number of nitrogens with zero attached hydrogens (tertiary/aromatic N) is 1. The number of benzene rings is 1. The van der Waals surface area contributed by atoms with Crippen LogP contribution in [-0.4, -0.2) is 23.6 Å². The van der Waals surface area contributed by atoms with Crippen molar-refractivity contribution >= 4 is 11.6 Å². The number of carbonyl (C=O) groups excluding carboxylic acids is 1. The molecule has 2 N–H and O–H groups in total. The van der Waals surface area contributed by atoms with Gasteiger partial charge in [0.15, 0.2) is 0 Å². The minimum absolute atomic E-state index is 0.0409. The Labute approximate surface area is 159 Å². The fraction of sp³-hybridized carbons (Fsp3) is 0.455. The van der Waals surface area contributed by atoms with Crippen LogP contribution in [0.3, 0.4) is 0 Å². The van der Waals surface area contributed by atoms with Crippen LogP contribution < -0.4 is 16.2 Å². The van der Waals surface area contributed by atoms with Gasteiger partial charge in [-0.2, -0.15) is 0 Å². The van der Waals surface area contributed by atoms with Crippen molar-refractivity contribution in [2.24, 2.45) is 5.92 Å². The zero-order valence-electron chi connectivity index (χ0n) is 16.2. The molecule has 5 nitrogen and oxygen atoms in total. The lowest BCUT2D eigenvalue weighted by Crippen LogP contribution is -2.45. The molecule has 2 aliphatic heterocycles. The Morgan fingerprint density at radius 2 is 1.85 bits per heavy atom. The third-order valence-electron chi connectivity index (χ3n) is 5.77. The molecule has 1 saturated heterocycles. The van der Waals surface area contributed by atoms with Crippen molar-refractivity contribution < 1.29 is 4.79 Å². The molecule has 27 heavy (non-hydrogen) atoms. The molecular formula is C22H27N3O2. The summed E-state index contributed by atoms with van der Waals surface area (Å²) in [5.41, 5.74) is 3.12. The Kier molecular flexibility index (Phi) is 4.42. The van der Waals surface area contributed by atoms with Crippen LogP contribution in [0.1, 0.15) is 54.7 Å². The number of hydrogen-bond acceptors (Lipinski definition) is 3. The second-order valence-corrected chi connectivity index (χ2v) is 8.83. The van der Waals surface area contributed by atoms with E-state index in [1.54, 1.807) is 6.07 Å². The van der Waals surface area contributed by atoms with Crippen LogP contribution in [0.15, 0.2) is 41.2 Å². The molecule has 2 unspecified atom stereocenters. The first-order valence-electron chi connectivity index (χ1n) is 9.69. The standard InChI is InChI=1S/C22H27N3O2/c1-22(2,3)17-6-4-15(5-7-17)20(26)24-18-8-9-19-16-10-14(11-23-12-16)13-25(19)21(18)27/h4-9,14,16,23H,10-13H2,1-3H3,(H,24,26). The molecule has 2 atom stereocenters. The highest BCUT2D eigenvalue weighted by Crippen LogP contribution is 2.32. The largest absolute Gasteiger partial charge is 0.317 e. The zero-order chi connectivity index (χ0) is 19.2. The first-order chi connectivity index (χ1) is 12.8. The van der Waals surface area contributed by atoms with Crippen molar-refractivity contribution in [3.05, 3.63) is 63.6 Å². The second kappa shape index (κ2) is 6.64. The van der Waals surface area contributed by atoms with E-state index in [2.05, 4.69) is 31.4 Å². The minimum atomic E-state index is -0.245. The van der Waals surface area contributed by atoms with Gasteiger partial charge in [-0.15, -0.1) is 0 Å². The zero-order valence-corrected chi connectivity index (χ0v) is 16.2. The van der Waals surface area contributed by atoms with E-state index < -0.39 is 0 Å². The van der Waals surface area contributed by atoms with Crippen LogP contribution >= 0.6 is 0 Å². The molecule has 0 saturated carbocycles. The quantitative estimate of drug-likeness (QED) is 0.860. The van der Waals surface area contributed by atoms with Crippen LogP contribution in [0.25, 0.3) is 0 Å². The van der Waals surface area contributed by atoms with Crippen LogP contribution in [0, 0.1) is 5.92 Å². The van der Waals surface area contributed by atoms with E-state index in [1.165, 1.54) is 5.56 Å². The molecule has 1 amide bonds. The van der Waals surface area contributed by atoms with Crippen LogP contribution in [-0.2, 0) is 12.0 Å². The smallest absolute Gasteiger partial charge is 0.274 e. The van der Waals surface area contributed by atoms with Gasteiger partial charge < -0.3 is 15.2 Å². The minimum Gasteiger partial charge on any atom is -0.317 e. The molecule has 5 heteroatoms. The van der Waals surface area contributed by atoms with Crippen molar-refractivity contribution in [1.29, 1.82) is 0 Å². The Morgan fingerprint density at radius 3 is 2.56 bits per heavy atom. The third kappa shape index (κ3) is 3.44. The van der Waals surface area contributed by atoms with Crippen LogP contribution in [0.2, 0.25) is 0 Å². The summed E-state index contributed by atoms with van der Waals surface area (Å²) in [5.74, 6) is 0.635. The lowest BCUT2D eigenvalue weighted by molar-refractivity contribution is 0.102. The molecule has 2 bridgehead atoms. The number of carbonyl (C=O) groups is 1. The maximum Gasteiger partial charge on any atom is 0.274 e. The molecule has 2 aromatic rings. The van der Waals surface area contributed by atoms with E-state index in [1.807, 2.05) is 34.9 Å². The maximum absolute atomic E-state index is 12.9. The normalized spacial score (nSPS) is 21.4. The van der Waals surface area contributed by atoms with E-state index in [-0.39, 0.29) is 16.9 Å². The number of fused-ring (bicyclic) bond motifs is 4. The highest BCUT2D eigenvalue weighted by molar-refractivity contribution is 6.04. The van der Waals surface area contributed by atoms with E-state index in [0.29, 0.717) is 23.1 Å². The summed E-state index contributed by atoms with van der Waals surface area (Å²) >= 11 is 0. The van der Waals surface area contributed by atoms with Crippen molar-refractivity contribution in [2.75, 3.05) is 18.4 Å². The number of nitrogens with one attached hydrogen (secondary N) is 2. The highest BCUT2D eigenvalue weighted by atomic mass is 16.2. The average Bonchev–Trinajstić information content (AvgIpc) is 2.64. The summed E-state index contributed by atoms with van der Waals surface area (Å²) in [4.78, 5) is 25.5. The van der Waals surface area contributed by atoms with E-state index in [0.717, 1.165) is 31.7 Å². The van der Waals surface area contributed by atoms with Crippen molar-refractivity contribution in [3.63, 3.8) is 0 Å². The molecule has 0 aliphatic carbocycles. The fourth-order valence-corrected chi connectivity index (χ4v) is 4.20. The summed E-state index contributed by atoms with van der Waals surface area (Å²) in [5, 5.41) is 6.26. The molecule has 142 valence electrons. The third-order valence-corrected chi connectivity index (χ3v) is 5.77. The van der Waals surface area contributed by atoms with Gasteiger partial charge in [-0.25, -0.2) is 0 Å². The SMILES string of the molecule is CC(C)(C)c1ccc(C(=O)Nc2ccc3n(c2=O)CC2CNCC3C2)cc1. The predicted octanol–water partition coefficient (Wildman–Crippen LogP) is 3.10. The molecule has 3 heterocycles. The number of amides is 1.